The van der Waals surface area contributed by atoms with E-state index >= 15 is 0 Å². The van der Waals surface area contributed by atoms with Crippen LogP contribution in [0.4, 0.5) is 0 Å². The van der Waals surface area contributed by atoms with Crippen LogP contribution in [0.15, 0.2) is 59.6 Å². The Labute approximate surface area is 127 Å². The highest BCUT2D eigenvalue weighted by Gasteiger charge is 2.44. The average Bonchev–Trinajstić information content (AvgIpc) is 3.13. The molecule has 0 saturated heterocycles. The standard InChI is InChI=1S/C18H13NO3/c20-16-12-8-4-5-9-13(12)17(21)15(16)18-19-10-14(22-18)11-6-2-1-3-7-11/h1-9,14-15H,10H2. The van der Waals surface area contributed by atoms with Crippen LogP contribution in [0.1, 0.15) is 32.4 Å². The molecule has 2 aliphatic rings. The van der Waals surface area contributed by atoms with Crippen molar-refractivity contribution in [2.75, 3.05) is 6.54 Å². The third-order valence-electron chi connectivity index (χ3n) is 4.08. The van der Waals surface area contributed by atoms with Crippen molar-refractivity contribution in [2.24, 2.45) is 10.9 Å². The molecule has 4 rings (SSSR count). The first kappa shape index (κ1) is 13.0. The Bertz CT molecular complexity index is 760. The second kappa shape index (κ2) is 4.91. The summed E-state index contributed by atoms with van der Waals surface area (Å²) in [4.78, 5) is 29.2. The Morgan fingerprint density at radius 3 is 2.09 bits per heavy atom. The molecule has 1 aliphatic heterocycles. The lowest BCUT2D eigenvalue weighted by molar-refractivity contribution is 0.0860. The quantitative estimate of drug-likeness (QED) is 0.799. The van der Waals surface area contributed by atoms with Crippen LogP contribution in [0, 0.1) is 5.92 Å². The van der Waals surface area contributed by atoms with Gasteiger partial charge < -0.3 is 4.74 Å². The SMILES string of the molecule is O=C1c2ccccc2C(=O)C1C1=NCC(c2ccccc2)O1. The number of Topliss-reactive ketones (excluding diaryl/α,β-unsaturated/α-hetero) is 2. The lowest BCUT2D eigenvalue weighted by atomic mass is 10.0. The largest absolute Gasteiger partial charge is 0.470 e. The van der Waals surface area contributed by atoms with E-state index in [1.165, 1.54) is 0 Å². The molecule has 1 unspecified atom stereocenters. The Morgan fingerprint density at radius 2 is 1.45 bits per heavy atom. The van der Waals surface area contributed by atoms with E-state index in [4.69, 9.17) is 4.74 Å². The van der Waals surface area contributed by atoms with Crippen molar-refractivity contribution < 1.29 is 14.3 Å². The van der Waals surface area contributed by atoms with Crippen molar-refractivity contribution in [2.45, 2.75) is 6.10 Å². The molecule has 108 valence electrons. The number of carbonyl (C=O) groups is 2. The van der Waals surface area contributed by atoms with Gasteiger partial charge in [0.25, 0.3) is 0 Å². The molecule has 4 heteroatoms. The minimum atomic E-state index is -0.911. The predicted molar refractivity (Wildman–Crippen MR) is 81.2 cm³/mol. The molecule has 2 aromatic rings. The number of rotatable bonds is 2. The Kier molecular flexibility index (Phi) is 2.89. The summed E-state index contributed by atoms with van der Waals surface area (Å²) in [6.07, 6.45) is -0.222. The lowest BCUT2D eigenvalue weighted by Crippen LogP contribution is -2.26. The summed E-state index contributed by atoms with van der Waals surface area (Å²) in [5.74, 6) is -1.09. The number of aliphatic imine (C=N–C) groups is 1. The number of nitrogens with zero attached hydrogens (tertiary/aromatic N) is 1. The molecule has 1 heterocycles. The van der Waals surface area contributed by atoms with Crippen molar-refractivity contribution >= 4 is 17.5 Å². The van der Waals surface area contributed by atoms with Crippen molar-refractivity contribution in [1.82, 2.24) is 0 Å². The number of ketones is 2. The van der Waals surface area contributed by atoms with E-state index in [0.29, 0.717) is 17.7 Å². The van der Waals surface area contributed by atoms with E-state index in [2.05, 4.69) is 4.99 Å². The van der Waals surface area contributed by atoms with Crippen LogP contribution in [-0.4, -0.2) is 24.0 Å². The molecule has 0 bridgehead atoms. The van der Waals surface area contributed by atoms with Gasteiger partial charge in [-0.15, -0.1) is 0 Å². The minimum absolute atomic E-state index is 0.215. The molecule has 0 fully saturated rings. The van der Waals surface area contributed by atoms with Crippen LogP contribution in [0.25, 0.3) is 0 Å². The first-order valence-electron chi connectivity index (χ1n) is 7.19. The average molecular weight is 291 g/mol. The summed E-state index contributed by atoms with van der Waals surface area (Å²) in [5.41, 5.74) is 1.93. The fraction of sp³-hybridized carbons (Fsp3) is 0.167. The van der Waals surface area contributed by atoms with E-state index in [1.807, 2.05) is 30.3 Å². The molecule has 0 radical (unpaired) electrons. The normalized spacial score (nSPS) is 20.7. The predicted octanol–water partition coefficient (Wildman–Crippen LogP) is 2.85. The molecule has 0 aromatic heterocycles. The third-order valence-corrected chi connectivity index (χ3v) is 4.08. The maximum absolute atomic E-state index is 12.5. The zero-order valence-corrected chi connectivity index (χ0v) is 11.7. The summed E-state index contributed by atoms with van der Waals surface area (Å²) in [6, 6.07) is 16.6. The van der Waals surface area contributed by atoms with Gasteiger partial charge in [-0.05, 0) is 5.56 Å². The Morgan fingerprint density at radius 1 is 0.864 bits per heavy atom. The zero-order chi connectivity index (χ0) is 15.1. The van der Waals surface area contributed by atoms with Gasteiger partial charge in [-0.1, -0.05) is 54.6 Å². The van der Waals surface area contributed by atoms with Gasteiger partial charge in [0.1, 0.15) is 6.10 Å². The molecule has 1 aliphatic carbocycles. The van der Waals surface area contributed by atoms with Gasteiger partial charge in [0.15, 0.2) is 17.5 Å². The molecule has 1 atom stereocenters. The molecule has 0 saturated carbocycles. The van der Waals surface area contributed by atoms with E-state index in [9.17, 15) is 9.59 Å². The van der Waals surface area contributed by atoms with Crippen molar-refractivity contribution in [1.29, 1.82) is 0 Å². The topological polar surface area (TPSA) is 55.7 Å². The van der Waals surface area contributed by atoms with E-state index in [1.54, 1.807) is 24.3 Å². The highest BCUT2D eigenvalue weighted by Crippen LogP contribution is 2.32. The Balaban J connectivity index is 1.60. The van der Waals surface area contributed by atoms with Gasteiger partial charge in [-0.2, -0.15) is 0 Å². The van der Waals surface area contributed by atoms with E-state index < -0.39 is 5.92 Å². The first-order chi connectivity index (χ1) is 10.8. The van der Waals surface area contributed by atoms with Crippen LogP contribution in [0.2, 0.25) is 0 Å². The van der Waals surface area contributed by atoms with Gasteiger partial charge in [0.2, 0.25) is 5.90 Å². The fourth-order valence-corrected chi connectivity index (χ4v) is 2.96. The van der Waals surface area contributed by atoms with Crippen molar-refractivity contribution in [3.8, 4) is 0 Å². The number of hydrogen-bond donors (Lipinski definition) is 0. The monoisotopic (exact) mass is 291 g/mol. The van der Waals surface area contributed by atoms with Gasteiger partial charge in [-0.25, -0.2) is 0 Å². The maximum atomic E-state index is 12.5. The summed E-state index contributed by atoms with van der Waals surface area (Å²) >= 11 is 0. The smallest absolute Gasteiger partial charge is 0.203 e. The number of benzene rings is 2. The third kappa shape index (κ3) is 1.88. The number of fused-ring (bicyclic) bond motifs is 1. The maximum Gasteiger partial charge on any atom is 0.203 e. The van der Waals surface area contributed by atoms with Gasteiger partial charge in [-0.3, -0.25) is 14.6 Å². The highest BCUT2D eigenvalue weighted by atomic mass is 16.5. The summed E-state index contributed by atoms with van der Waals surface area (Å²) in [6.45, 7) is 0.437. The minimum Gasteiger partial charge on any atom is -0.470 e. The van der Waals surface area contributed by atoms with Crippen LogP contribution in [0.5, 0.6) is 0 Å². The molecule has 22 heavy (non-hydrogen) atoms. The number of hydrogen-bond acceptors (Lipinski definition) is 4. The van der Waals surface area contributed by atoms with E-state index in [0.717, 1.165) is 5.56 Å². The fourth-order valence-electron chi connectivity index (χ4n) is 2.96. The van der Waals surface area contributed by atoms with Crippen molar-refractivity contribution in [3.05, 3.63) is 71.3 Å². The second-order valence-corrected chi connectivity index (χ2v) is 5.40. The summed E-state index contributed by atoms with van der Waals surface area (Å²) in [7, 11) is 0. The summed E-state index contributed by atoms with van der Waals surface area (Å²) < 4.78 is 5.81. The molecule has 2 aromatic carbocycles. The van der Waals surface area contributed by atoms with Gasteiger partial charge in [0.05, 0.1) is 6.54 Å². The molecule has 0 amide bonds. The lowest BCUT2D eigenvalue weighted by Gasteiger charge is -2.13. The summed E-state index contributed by atoms with van der Waals surface area (Å²) in [5, 5.41) is 0. The zero-order valence-electron chi connectivity index (χ0n) is 11.7. The Hall–Kier alpha value is -2.75. The van der Waals surface area contributed by atoms with Crippen LogP contribution >= 0.6 is 0 Å². The molecule has 0 N–H and O–H groups in total. The van der Waals surface area contributed by atoms with Crippen LogP contribution in [-0.2, 0) is 4.74 Å². The number of ether oxygens (including phenoxy) is 1. The molecular formula is C18H13NO3. The molecule has 0 spiro atoms. The molecule has 4 nitrogen and oxygen atoms in total. The second-order valence-electron chi connectivity index (χ2n) is 5.40. The number of carbonyl (C=O) groups excluding carboxylic acids is 2. The van der Waals surface area contributed by atoms with E-state index in [-0.39, 0.29) is 23.6 Å². The van der Waals surface area contributed by atoms with Gasteiger partial charge in [0, 0.05) is 11.1 Å². The van der Waals surface area contributed by atoms with Crippen LogP contribution < -0.4 is 0 Å². The first-order valence-corrected chi connectivity index (χ1v) is 7.19. The van der Waals surface area contributed by atoms with Crippen molar-refractivity contribution in [3.63, 3.8) is 0 Å². The molecular weight excluding hydrogens is 278 g/mol. The highest BCUT2D eigenvalue weighted by molar-refractivity contribution is 6.35. The van der Waals surface area contributed by atoms with Crippen LogP contribution in [0.3, 0.4) is 0 Å². The van der Waals surface area contributed by atoms with Gasteiger partial charge >= 0.3 is 0 Å².